The molecule has 2 aromatic rings. The molecule has 0 atom stereocenters. The van der Waals surface area contributed by atoms with Gasteiger partial charge in [0.25, 0.3) is 11.8 Å². The summed E-state index contributed by atoms with van der Waals surface area (Å²) in [7, 11) is 0. The van der Waals surface area contributed by atoms with Crippen molar-refractivity contribution < 1.29 is 14.4 Å². The summed E-state index contributed by atoms with van der Waals surface area (Å²) < 4.78 is 0. The van der Waals surface area contributed by atoms with Crippen molar-refractivity contribution in [2.45, 2.75) is 40.2 Å². The SMILES string of the molecule is CCN(C(=O)Nc1ccc2c(c1)C(=O)N(C(C)(C)C)C2=O)c1cccc(C)c1. The lowest BCUT2D eigenvalue weighted by Crippen LogP contribution is -2.45. The highest BCUT2D eigenvalue weighted by Gasteiger charge is 2.41. The third kappa shape index (κ3) is 3.50. The van der Waals surface area contributed by atoms with Crippen molar-refractivity contribution >= 4 is 29.2 Å². The zero-order chi connectivity index (χ0) is 20.6. The summed E-state index contributed by atoms with van der Waals surface area (Å²) in [5, 5.41) is 2.83. The number of nitrogens with zero attached hydrogens (tertiary/aromatic N) is 2. The first-order chi connectivity index (χ1) is 13.1. The third-order valence-electron chi connectivity index (χ3n) is 4.68. The number of hydrogen-bond donors (Lipinski definition) is 1. The van der Waals surface area contributed by atoms with Crippen LogP contribution < -0.4 is 10.2 Å². The van der Waals surface area contributed by atoms with E-state index in [1.807, 2.05) is 58.9 Å². The van der Waals surface area contributed by atoms with Gasteiger partial charge in [0.1, 0.15) is 0 Å². The maximum atomic E-state index is 12.8. The Hall–Kier alpha value is -3.15. The van der Waals surface area contributed by atoms with Gasteiger partial charge in [0.05, 0.1) is 11.1 Å². The number of amides is 4. The molecule has 0 aromatic heterocycles. The zero-order valence-electron chi connectivity index (χ0n) is 16.9. The molecule has 146 valence electrons. The number of imide groups is 1. The zero-order valence-corrected chi connectivity index (χ0v) is 16.9. The normalized spacial score (nSPS) is 13.5. The first kappa shape index (κ1) is 19.6. The van der Waals surface area contributed by atoms with Crippen LogP contribution in [0.3, 0.4) is 0 Å². The fourth-order valence-corrected chi connectivity index (χ4v) is 3.36. The van der Waals surface area contributed by atoms with Crippen molar-refractivity contribution in [1.82, 2.24) is 4.90 Å². The molecule has 6 nitrogen and oxygen atoms in total. The first-order valence-corrected chi connectivity index (χ1v) is 9.31. The van der Waals surface area contributed by atoms with E-state index < -0.39 is 5.54 Å². The second-order valence-corrected chi connectivity index (χ2v) is 7.89. The van der Waals surface area contributed by atoms with Gasteiger partial charge >= 0.3 is 6.03 Å². The van der Waals surface area contributed by atoms with Crippen LogP contribution in [0.2, 0.25) is 0 Å². The quantitative estimate of drug-likeness (QED) is 0.801. The summed E-state index contributed by atoms with van der Waals surface area (Å²) in [4.78, 5) is 40.9. The molecule has 1 aliphatic heterocycles. The molecule has 3 rings (SSSR count). The largest absolute Gasteiger partial charge is 0.326 e. The monoisotopic (exact) mass is 379 g/mol. The summed E-state index contributed by atoms with van der Waals surface area (Å²) in [6, 6.07) is 12.2. The summed E-state index contributed by atoms with van der Waals surface area (Å²) in [5.41, 5.74) is 2.41. The van der Waals surface area contributed by atoms with E-state index in [0.717, 1.165) is 11.3 Å². The van der Waals surface area contributed by atoms with Crippen molar-refractivity contribution in [2.24, 2.45) is 0 Å². The molecule has 2 aromatic carbocycles. The van der Waals surface area contributed by atoms with Gasteiger partial charge in [0, 0.05) is 23.5 Å². The van der Waals surface area contributed by atoms with E-state index in [-0.39, 0.29) is 17.8 Å². The Bertz CT molecular complexity index is 960. The van der Waals surface area contributed by atoms with E-state index in [0.29, 0.717) is 23.4 Å². The summed E-state index contributed by atoms with van der Waals surface area (Å²) in [5.74, 6) is -0.644. The second-order valence-electron chi connectivity index (χ2n) is 7.89. The minimum atomic E-state index is -0.610. The lowest BCUT2D eigenvalue weighted by atomic mass is 10.1. The standard InChI is InChI=1S/C22H25N3O3/c1-6-24(16-9-7-8-14(2)12-16)21(28)23-15-10-11-17-18(13-15)20(27)25(19(17)26)22(3,4)5/h7-13H,6H2,1-5H3,(H,23,28). The first-order valence-electron chi connectivity index (χ1n) is 9.31. The molecule has 6 heteroatoms. The molecule has 0 radical (unpaired) electrons. The summed E-state index contributed by atoms with van der Waals surface area (Å²) in [6.07, 6.45) is 0. The Balaban J connectivity index is 1.85. The van der Waals surface area contributed by atoms with Gasteiger partial charge in [0.2, 0.25) is 0 Å². The molecule has 0 unspecified atom stereocenters. The van der Waals surface area contributed by atoms with E-state index in [1.54, 1.807) is 23.1 Å². The molecule has 0 bridgehead atoms. The van der Waals surface area contributed by atoms with Crippen LogP contribution in [0.4, 0.5) is 16.2 Å². The average Bonchev–Trinajstić information content (AvgIpc) is 2.86. The molecule has 28 heavy (non-hydrogen) atoms. The fourth-order valence-electron chi connectivity index (χ4n) is 3.36. The summed E-state index contributed by atoms with van der Waals surface area (Å²) >= 11 is 0. The van der Waals surface area contributed by atoms with Crippen LogP contribution in [-0.4, -0.2) is 34.8 Å². The summed E-state index contributed by atoms with van der Waals surface area (Å²) in [6.45, 7) is 9.82. The highest BCUT2D eigenvalue weighted by Crippen LogP contribution is 2.31. The maximum Gasteiger partial charge on any atom is 0.326 e. The Morgan fingerprint density at radius 3 is 2.32 bits per heavy atom. The minimum absolute atomic E-state index is 0.294. The van der Waals surface area contributed by atoms with E-state index in [9.17, 15) is 14.4 Å². The predicted molar refractivity (Wildman–Crippen MR) is 110 cm³/mol. The molecule has 1 heterocycles. The number of hydrogen-bond acceptors (Lipinski definition) is 3. The third-order valence-corrected chi connectivity index (χ3v) is 4.68. The molecule has 0 aliphatic carbocycles. The second kappa shape index (κ2) is 7.11. The molecule has 0 spiro atoms. The maximum absolute atomic E-state index is 12.8. The Labute approximate surface area is 165 Å². The van der Waals surface area contributed by atoms with Crippen molar-refractivity contribution in [1.29, 1.82) is 0 Å². The number of urea groups is 1. The van der Waals surface area contributed by atoms with Gasteiger partial charge < -0.3 is 5.32 Å². The molecule has 0 saturated carbocycles. The van der Waals surface area contributed by atoms with Crippen molar-refractivity contribution in [3.8, 4) is 0 Å². The van der Waals surface area contributed by atoms with Crippen LogP contribution in [0.5, 0.6) is 0 Å². The molecule has 4 amide bonds. The van der Waals surface area contributed by atoms with Gasteiger partial charge in [-0.3, -0.25) is 19.4 Å². The van der Waals surface area contributed by atoms with Gasteiger partial charge in [-0.2, -0.15) is 0 Å². The molecule has 1 aliphatic rings. The van der Waals surface area contributed by atoms with E-state index >= 15 is 0 Å². The van der Waals surface area contributed by atoms with Crippen molar-refractivity contribution in [3.63, 3.8) is 0 Å². The Kier molecular flexibility index (Phi) is 4.98. The average molecular weight is 379 g/mol. The van der Waals surface area contributed by atoms with E-state index in [2.05, 4.69) is 5.32 Å². The molecule has 0 fully saturated rings. The molecule has 1 N–H and O–H groups in total. The van der Waals surface area contributed by atoms with Gasteiger partial charge in [-0.1, -0.05) is 12.1 Å². The van der Waals surface area contributed by atoms with Crippen LogP contribution in [0, 0.1) is 6.92 Å². The van der Waals surface area contributed by atoms with Gasteiger partial charge in [0.15, 0.2) is 0 Å². The number of nitrogens with one attached hydrogen (secondary N) is 1. The van der Waals surface area contributed by atoms with E-state index in [4.69, 9.17) is 0 Å². The smallest absolute Gasteiger partial charge is 0.308 e. The lowest BCUT2D eigenvalue weighted by Gasteiger charge is -2.29. The number of fused-ring (bicyclic) bond motifs is 1. The lowest BCUT2D eigenvalue weighted by molar-refractivity contribution is 0.0507. The van der Waals surface area contributed by atoms with Gasteiger partial charge in [-0.15, -0.1) is 0 Å². The fraction of sp³-hybridized carbons (Fsp3) is 0.318. The molecule has 0 saturated heterocycles. The Morgan fingerprint density at radius 2 is 1.71 bits per heavy atom. The van der Waals surface area contributed by atoms with Crippen molar-refractivity contribution in [3.05, 3.63) is 59.2 Å². The van der Waals surface area contributed by atoms with Crippen LogP contribution in [0.25, 0.3) is 0 Å². The van der Waals surface area contributed by atoms with Gasteiger partial charge in [-0.05, 0) is 70.5 Å². The van der Waals surface area contributed by atoms with E-state index in [1.165, 1.54) is 4.90 Å². The highest BCUT2D eigenvalue weighted by atomic mass is 16.2. The number of aryl methyl sites for hydroxylation is 1. The minimum Gasteiger partial charge on any atom is -0.308 e. The van der Waals surface area contributed by atoms with Crippen LogP contribution in [0.1, 0.15) is 54.0 Å². The van der Waals surface area contributed by atoms with Crippen molar-refractivity contribution in [2.75, 3.05) is 16.8 Å². The number of carbonyl (C=O) groups excluding carboxylic acids is 3. The Morgan fingerprint density at radius 1 is 1.04 bits per heavy atom. The number of benzene rings is 2. The van der Waals surface area contributed by atoms with Gasteiger partial charge in [-0.25, -0.2) is 4.79 Å². The van der Waals surface area contributed by atoms with Crippen LogP contribution in [0.15, 0.2) is 42.5 Å². The molecular weight excluding hydrogens is 354 g/mol. The molecular formula is C22H25N3O3. The van der Waals surface area contributed by atoms with Crippen LogP contribution >= 0.6 is 0 Å². The number of rotatable bonds is 3. The number of carbonyl (C=O) groups is 3. The predicted octanol–water partition coefficient (Wildman–Crippen LogP) is 4.45. The number of anilines is 2. The van der Waals surface area contributed by atoms with Crippen LogP contribution in [-0.2, 0) is 0 Å². The topological polar surface area (TPSA) is 69.7 Å². The highest BCUT2D eigenvalue weighted by molar-refractivity contribution is 6.22.